The van der Waals surface area contributed by atoms with E-state index in [4.69, 9.17) is 39.5 Å². The molecule has 10 heteroatoms. The van der Waals surface area contributed by atoms with E-state index in [9.17, 15) is 4.79 Å². The van der Waals surface area contributed by atoms with E-state index >= 15 is 0 Å². The van der Waals surface area contributed by atoms with Gasteiger partial charge < -0.3 is 14.6 Å². The van der Waals surface area contributed by atoms with Gasteiger partial charge in [0.25, 0.3) is 0 Å². The zero-order valence-corrected chi connectivity index (χ0v) is 17.7. The summed E-state index contributed by atoms with van der Waals surface area (Å²) in [7, 11) is 1.82. The van der Waals surface area contributed by atoms with E-state index in [0.29, 0.717) is 37.5 Å². The molecule has 0 unspecified atom stereocenters. The molecule has 1 aromatic heterocycles. The highest BCUT2D eigenvalue weighted by Crippen LogP contribution is 2.26. The first-order valence-corrected chi connectivity index (χ1v) is 10.2. The number of anilines is 1. The summed E-state index contributed by atoms with van der Waals surface area (Å²) in [6, 6.07) is 11.9. The molecule has 0 saturated carbocycles. The van der Waals surface area contributed by atoms with Gasteiger partial charge in [-0.15, -0.1) is 10.2 Å². The van der Waals surface area contributed by atoms with E-state index in [1.165, 1.54) is 11.8 Å². The van der Waals surface area contributed by atoms with Crippen LogP contribution in [0.1, 0.15) is 5.82 Å². The Morgan fingerprint density at radius 2 is 1.82 bits per heavy atom. The maximum Gasteiger partial charge on any atom is 0.234 e. The van der Waals surface area contributed by atoms with Gasteiger partial charge >= 0.3 is 0 Å². The van der Waals surface area contributed by atoms with Crippen molar-refractivity contribution in [3.63, 3.8) is 0 Å². The molecule has 0 aliphatic carbocycles. The van der Waals surface area contributed by atoms with Crippen molar-refractivity contribution < 1.29 is 9.53 Å². The van der Waals surface area contributed by atoms with Crippen LogP contribution in [0.5, 0.6) is 5.75 Å². The van der Waals surface area contributed by atoms with E-state index < -0.39 is 0 Å². The Labute approximate surface area is 181 Å². The summed E-state index contributed by atoms with van der Waals surface area (Å²) >= 11 is 19.0. The zero-order valence-electron chi connectivity index (χ0n) is 14.7. The molecule has 6 nitrogen and oxygen atoms in total. The van der Waals surface area contributed by atoms with E-state index in [2.05, 4.69) is 15.5 Å². The van der Waals surface area contributed by atoms with E-state index in [0.717, 1.165) is 0 Å². The standard InChI is InChI=1S/C18H15Cl3N4O2S/c1-25-16(9-27-13-5-2-11(19)3-6-13)23-24-18(25)28-10-17(26)22-15-7-4-12(20)8-14(15)21/h2-8H,9-10H2,1H3,(H,22,26). The minimum absolute atomic E-state index is 0.156. The van der Waals surface area contributed by atoms with Crippen LogP contribution in [0.2, 0.25) is 15.1 Å². The van der Waals surface area contributed by atoms with Crippen molar-refractivity contribution in [1.82, 2.24) is 14.8 Å². The third-order valence-electron chi connectivity index (χ3n) is 3.64. The number of rotatable bonds is 7. The number of hydrogen-bond acceptors (Lipinski definition) is 5. The van der Waals surface area contributed by atoms with Crippen LogP contribution in [0, 0.1) is 0 Å². The molecule has 3 aromatic rings. The fraction of sp³-hybridized carbons (Fsp3) is 0.167. The first kappa shape index (κ1) is 20.8. The van der Waals surface area contributed by atoms with Crippen molar-refractivity contribution in [3.05, 3.63) is 63.4 Å². The summed E-state index contributed by atoms with van der Waals surface area (Å²) in [6.07, 6.45) is 0. The number of aromatic nitrogens is 3. The van der Waals surface area contributed by atoms with Crippen LogP contribution in [-0.4, -0.2) is 26.4 Å². The molecule has 0 spiro atoms. The minimum atomic E-state index is -0.212. The number of ether oxygens (including phenoxy) is 1. The number of benzene rings is 2. The number of halogens is 3. The average Bonchev–Trinajstić information content (AvgIpc) is 3.02. The Kier molecular flexibility index (Phi) is 7.07. The van der Waals surface area contributed by atoms with Gasteiger partial charge in [0.1, 0.15) is 12.4 Å². The van der Waals surface area contributed by atoms with Gasteiger partial charge in [0.05, 0.1) is 16.5 Å². The van der Waals surface area contributed by atoms with Gasteiger partial charge in [-0.1, -0.05) is 46.6 Å². The van der Waals surface area contributed by atoms with Gasteiger partial charge in [0, 0.05) is 17.1 Å². The largest absolute Gasteiger partial charge is 0.486 e. The van der Waals surface area contributed by atoms with Gasteiger partial charge in [-0.05, 0) is 42.5 Å². The number of carbonyl (C=O) groups excluding carboxylic acids is 1. The first-order valence-electron chi connectivity index (χ1n) is 8.06. The molecular formula is C18H15Cl3N4O2S. The SMILES string of the molecule is Cn1c(COc2ccc(Cl)cc2)nnc1SCC(=O)Nc1ccc(Cl)cc1Cl. The van der Waals surface area contributed by atoms with Crippen LogP contribution in [0.4, 0.5) is 5.69 Å². The fourth-order valence-corrected chi connectivity index (χ4v) is 3.49. The molecule has 1 heterocycles. The molecule has 3 rings (SSSR count). The number of hydrogen-bond donors (Lipinski definition) is 1. The number of nitrogens with one attached hydrogen (secondary N) is 1. The Morgan fingerprint density at radius 3 is 2.54 bits per heavy atom. The normalized spacial score (nSPS) is 10.7. The Hall–Kier alpha value is -1.93. The molecule has 0 fully saturated rings. The smallest absolute Gasteiger partial charge is 0.234 e. The van der Waals surface area contributed by atoms with Crippen molar-refractivity contribution in [2.45, 2.75) is 11.8 Å². The predicted molar refractivity (Wildman–Crippen MR) is 113 cm³/mol. The number of nitrogens with zero attached hydrogens (tertiary/aromatic N) is 3. The van der Waals surface area contributed by atoms with Crippen LogP contribution in [-0.2, 0) is 18.4 Å². The van der Waals surface area contributed by atoms with Crippen molar-refractivity contribution in [2.75, 3.05) is 11.1 Å². The summed E-state index contributed by atoms with van der Waals surface area (Å²) in [5, 5.41) is 13.1. The minimum Gasteiger partial charge on any atom is -0.486 e. The second kappa shape index (κ2) is 9.52. The van der Waals surface area contributed by atoms with E-state index in [1.807, 2.05) is 7.05 Å². The molecular weight excluding hydrogens is 443 g/mol. The summed E-state index contributed by atoms with van der Waals surface area (Å²) in [5.74, 6) is 1.26. The topological polar surface area (TPSA) is 69.0 Å². The lowest BCUT2D eigenvalue weighted by molar-refractivity contribution is -0.113. The summed E-state index contributed by atoms with van der Waals surface area (Å²) in [5.41, 5.74) is 0.506. The fourth-order valence-electron chi connectivity index (χ4n) is 2.18. The molecule has 28 heavy (non-hydrogen) atoms. The molecule has 0 bridgehead atoms. The van der Waals surface area contributed by atoms with Gasteiger partial charge in [-0.25, -0.2) is 0 Å². The second-order valence-corrected chi connectivity index (χ2v) is 7.88. The average molecular weight is 458 g/mol. The predicted octanol–water partition coefficient (Wildman–Crippen LogP) is 5.09. The van der Waals surface area contributed by atoms with Gasteiger partial charge in [0.2, 0.25) is 5.91 Å². The van der Waals surface area contributed by atoms with E-state index in [1.54, 1.807) is 47.0 Å². The van der Waals surface area contributed by atoms with Gasteiger partial charge in [-0.2, -0.15) is 0 Å². The summed E-state index contributed by atoms with van der Waals surface area (Å²) in [4.78, 5) is 12.2. The van der Waals surface area contributed by atoms with Crippen LogP contribution >= 0.6 is 46.6 Å². The quantitative estimate of drug-likeness (QED) is 0.501. The van der Waals surface area contributed by atoms with Crippen LogP contribution in [0.25, 0.3) is 0 Å². The molecule has 0 aliphatic rings. The molecule has 2 aromatic carbocycles. The molecule has 0 saturated heterocycles. The maximum atomic E-state index is 12.2. The Morgan fingerprint density at radius 1 is 1.11 bits per heavy atom. The zero-order chi connectivity index (χ0) is 20.1. The monoisotopic (exact) mass is 456 g/mol. The van der Waals surface area contributed by atoms with Crippen LogP contribution < -0.4 is 10.1 Å². The maximum absolute atomic E-state index is 12.2. The highest BCUT2D eigenvalue weighted by atomic mass is 35.5. The third kappa shape index (κ3) is 5.54. The first-order chi connectivity index (χ1) is 13.4. The molecule has 1 N–H and O–H groups in total. The third-order valence-corrected chi connectivity index (χ3v) is 5.46. The lowest BCUT2D eigenvalue weighted by Gasteiger charge is -2.08. The number of thioether (sulfide) groups is 1. The Balaban J connectivity index is 1.53. The van der Waals surface area contributed by atoms with Crippen molar-refractivity contribution >= 4 is 58.2 Å². The lowest BCUT2D eigenvalue weighted by atomic mass is 10.3. The number of carbonyl (C=O) groups is 1. The van der Waals surface area contributed by atoms with Crippen molar-refractivity contribution in [1.29, 1.82) is 0 Å². The summed E-state index contributed by atoms with van der Waals surface area (Å²) in [6.45, 7) is 0.248. The van der Waals surface area contributed by atoms with Gasteiger partial charge in [-0.3, -0.25) is 4.79 Å². The van der Waals surface area contributed by atoms with Crippen molar-refractivity contribution in [2.24, 2.45) is 7.05 Å². The van der Waals surface area contributed by atoms with Crippen LogP contribution in [0.15, 0.2) is 47.6 Å². The number of amides is 1. The highest BCUT2D eigenvalue weighted by molar-refractivity contribution is 7.99. The summed E-state index contributed by atoms with van der Waals surface area (Å²) < 4.78 is 7.45. The lowest BCUT2D eigenvalue weighted by Crippen LogP contribution is -2.15. The molecule has 1 amide bonds. The van der Waals surface area contributed by atoms with Gasteiger partial charge in [0.15, 0.2) is 11.0 Å². The van der Waals surface area contributed by atoms with Crippen molar-refractivity contribution in [3.8, 4) is 5.75 Å². The molecule has 0 radical (unpaired) electrons. The second-order valence-electron chi connectivity index (χ2n) is 5.66. The van der Waals surface area contributed by atoms with Crippen LogP contribution in [0.3, 0.4) is 0 Å². The molecule has 146 valence electrons. The Bertz CT molecular complexity index is 979. The molecule has 0 atom stereocenters. The molecule has 0 aliphatic heterocycles. The highest BCUT2D eigenvalue weighted by Gasteiger charge is 2.13. The van der Waals surface area contributed by atoms with E-state index in [-0.39, 0.29) is 18.3 Å².